The van der Waals surface area contributed by atoms with E-state index in [1.165, 1.54) is 16.7 Å². The molecule has 0 atom stereocenters. The number of imidazole rings is 1. The first-order valence-electron chi connectivity index (χ1n) is 10.00. The number of aromatic nitrogens is 2. The molecular formula is C22H25F3N4O2. The number of amides is 1. The molecule has 0 saturated heterocycles. The Morgan fingerprint density at radius 1 is 1.03 bits per heavy atom. The number of anilines is 2. The molecule has 1 heterocycles. The van der Waals surface area contributed by atoms with Crippen molar-refractivity contribution < 1.29 is 18.0 Å². The second-order valence-corrected chi connectivity index (χ2v) is 7.49. The Kier molecular flexibility index (Phi) is 6.42. The lowest BCUT2D eigenvalue weighted by Gasteiger charge is -2.18. The minimum absolute atomic E-state index is 0.0685. The summed E-state index contributed by atoms with van der Waals surface area (Å²) in [5, 5.41) is 2.35. The molecule has 3 aromatic rings. The number of para-hydroxylation sites is 2. The highest BCUT2D eigenvalue weighted by Gasteiger charge is 2.34. The Hall–Kier alpha value is -3.23. The van der Waals surface area contributed by atoms with Crippen LogP contribution in [0.5, 0.6) is 0 Å². The van der Waals surface area contributed by atoms with E-state index in [2.05, 4.69) is 5.32 Å². The van der Waals surface area contributed by atoms with E-state index in [1.807, 2.05) is 19.1 Å². The number of aryl methyl sites for hydroxylation is 2. The number of hydrogen-bond acceptors (Lipinski definition) is 3. The predicted octanol–water partition coefficient (Wildman–Crippen LogP) is 4.33. The molecule has 0 bridgehead atoms. The highest BCUT2D eigenvalue weighted by Crippen LogP contribution is 2.37. The van der Waals surface area contributed by atoms with Crippen molar-refractivity contribution in [2.24, 2.45) is 0 Å². The van der Waals surface area contributed by atoms with Gasteiger partial charge in [-0.25, -0.2) is 4.79 Å². The highest BCUT2D eigenvalue weighted by molar-refractivity contribution is 5.92. The second kappa shape index (κ2) is 8.87. The number of benzene rings is 2. The van der Waals surface area contributed by atoms with E-state index >= 15 is 0 Å². The van der Waals surface area contributed by atoms with Gasteiger partial charge >= 0.3 is 11.9 Å². The summed E-state index contributed by atoms with van der Waals surface area (Å²) in [6.45, 7) is 2.58. The summed E-state index contributed by atoms with van der Waals surface area (Å²) in [4.78, 5) is 26.8. The number of nitrogens with one attached hydrogen (secondary N) is 1. The Morgan fingerprint density at radius 2 is 1.65 bits per heavy atom. The van der Waals surface area contributed by atoms with Gasteiger partial charge in [-0.3, -0.25) is 13.9 Å². The summed E-state index contributed by atoms with van der Waals surface area (Å²) in [5.41, 5.74) is 0.392. The largest absolute Gasteiger partial charge is 0.418 e. The molecule has 0 spiro atoms. The van der Waals surface area contributed by atoms with Gasteiger partial charge in [0.1, 0.15) is 0 Å². The van der Waals surface area contributed by atoms with Gasteiger partial charge in [0.2, 0.25) is 5.91 Å². The van der Waals surface area contributed by atoms with Crippen LogP contribution in [0.4, 0.5) is 24.5 Å². The molecule has 1 N–H and O–H groups in total. The summed E-state index contributed by atoms with van der Waals surface area (Å²) >= 11 is 0. The number of hydrogen-bond donors (Lipinski definition) is 1. The van der Waals surface area contributed by atoms with Gasteiger partial charge in [-0.2, -0.15) is 13.2 Å². The third-order valence-electron chi connectivity index (χ3n) is 5.03. The van der Waals surface area contributed by atoms with Gasteiger partial charge in [0.25, 0.3) is 0 Å². The Bertz CT molecular complexity index is 1150. The number of carbonyl (C=O) groups excluding carboxylic acids is 1. The van der Waals surface area contributed by atoms with Crippen molar-refractivity contribution in [2.75, 3.05) is 24.3 Å². The summed E-state index contributed by atoms with van der Waals surface area (Å²) in [6.07, 6.45) is -3.97. The minimum Gasteiger partial charge on any atom is -0.378 e. The second-order valence-electron chi connectivity index (χ2n) is 7.49. The minimum atomic E-state index is -4.61. The van der Waals surface area contributed by atoms with E-state index in [0.717, 1.165) is 18.0 Å². The normalized spacial score (nSPS) is 11.7. The van der Waals surface area contributed by atoms with E-state index in [1.54, 1.807) is 35.7 Å². The monoisotopic (exact) mass is 434 g/mol. The van der Waals surface area contributed by atoms with Crippen LogP contribution >= 0.6 is 0 Å². The Balaban J connectivity index is 1.82. The fourth-order valence-electron chi connectivity index (χ4n) is 3.51. The van der Waals surface area contributed by atoms with Gasteiger partial charge < -0.3 is 10.2 Å². The van der Waals surface area contributed by atoms with Gasteiger partial charge in [-0.15, -0.1) is 0 Å². The molecule has 3 rings (SSSR count). The van der Waals surface area contributed by atoms with Crippen LogP contribution < -0.4 is 15.9 Å². The van der Waals surface area contributed by atoms with Crippen LogP contribution in [-0.4, -0.2) is 29.1 Å². The molecule has 0 saturated carbocycles. The van der Waals surface area contributed by atoms with Crippen molar-refractivity contribution in [3.8, 4) is 0 Å². The quantitative estimate of drug-likeness (QED) is 0.602. The maximum atomic E-state index is 13.5. The molecule has 1 aromatic heterocycles. The molecule has 0 fully saturated rings. The molecule has 0 unspecified atom stereocenters. The molecule has 31 heavy (non-hydrogen) atoms. The van der Waals surface area contributed by atoms with Gasteiger partial charge in [0.15, 0.2) is 0 Å². The van der Waals surface area contributed by atoms with E-state index < -0.39 is 17.6 Å². The Labute approximate surface area is 177 Å². The standard InChI is InChI=1S/C22H25F3N4O2/c1-4-12-28-18-7-5-6-8-19(18)29(21(28)31)13-11-20(30)26-17-10-9-15(27(2)3)14-16(17)22(23,24)25/h5-10,14H,4,11-13H2,1-3H3,(H,26,30). The van der Waals surface area contributed by atoms with Crippen LogP contribution in [0.15, 0.2) is 47.3 Å². The zero-order valence-electron chi connectivity index (χ0n) is 17.7. The van der Waals surface area contributed by atoms with Crippen LogP contribution in [0.25, 0.3) is 11.0 Å². The average molecular weight is 434 g/mol. The van der Waals surface area contributed by atoms with E-state index in [9.17, 15) is 22.8 Å². The fraction of sp³-hybridized carbons (Fsp3) is 0.364. The SMILES string of the molecule is CCCn1c(=O)n(CCC(=O)Nc2ccc(N(C)C)cc2C(F)(F)F)c2ccccc21. The van der Waals surface area contributed by atoms with Crippen molar-refractivity contribution >= 4 is 28.3 Å². The number of nitrogens with zero attached hydrogens (tertiary/aromatic N) is 3. The van der Waals surface area contributed by atoms with Crippen molar-refractivity contribution in [1.29, 1.82) is 0 Å². The molecule has 0 radical (unpaired) electrons. The van der Waals surface area contributed by atoms with Gasteiger partial charge in [-0.05, 0) is 36.8 Å². The summed E-state index contributed by atoms with van der Waals surface area (Å²) in [6, 6.07) is 11.0. The molecule has 1 amide bonds. The molecule has 0 aliphatic heterocycles. The maximum Gasteiger partial charge on any atom is 0.418 e. The van der Waals surface area contributed by atoms with Crippen LogP contribution in [0, 0.1) is 0 Å². The number of halogens is 3. The topological polar surface area (TPSA) is 59.3 Å². The van der Waals surface area contributed by atoms with E-state index in [0.29, 0.717) is 17.7 Å². The predicted molar refractivity (Wildman–Crippen MR) is 116 cm³/mol. The first-order valence-corrected chi connectivity index (χ1v) is 10.00. The first-order chi connectivity index (χ1) is 14.6. The van der Waals surface area contributed by atoms with Crippen LogP contribution in [0.2, 0.25) is 0 Å². The van der Waals surface area contributed by atoms with Crippen LogP contribution in [0.1, 0.15) is 25.3 Å². The van der Waals surface area contributed by atoms with Crippen molar-refractivity contribution in [2.45, 2.75) is 39.0 Å². The lowest BCUT2D eigenvalue weighted by Crippen LogP contribution is -2.26. The first kappa shape index (κ1) is 22.5. The molecular weight excluding hydrogens is 409 g/mol. The third kappa shape index (κ3) is 4.76. The van der Waals surface area contributed by atoms with Crippen molar-refractivity contribution in [3.05, 3.63) is 58.5 Å². The number of rotatable bonds is 7. The number of alkyl halides is 3. The van der Waals surface area contributed by atoms with Gasteiger partial charge in [0, 0.05) is 39.3 Å². The third-order valence-corrected chi connectivity index (χ3v) is 5.03. The zero-order chi connectivity index (χ0) is 22.8. The fourth-order valence-corrected chi connectivity index (χ4v) is 3.51. The van der Waals surface area contributed by atoms with Crippen molar-refractivity contribution in [3.63, 3.8) is 0 Å². The number of carbonyl (C=O) groups is 1. The molecule has 0 aliphatic carbocycles. The zero-order valence-corrected chi connectivity index (χ0v) is 17.7. The molecule has 6 nitrogen and oxygen atoms in total. The number of fused-ring (bicyclic) bond motifs is 1. The van der Waals surface area contributed by atoms with E-state index in [-0.39, 0.29) is 24.3 Å². The smallest absolute Gasteiger partial charge is 0.378 e. The summed E-state index contributed by atoms with van der Waals surface area (Å²) in [7, 11) is 3.28. The van der Waals surface area contributed by atoms with Gasteiger partial charge in [-0.1, -0.05) is 19.1 Å². The van der Waals surface area contributed by atoms with Gasteiger partial charge in [0.05, 0.1) is 22.3 Å². The summed E-state index contributed by atoms with van der Waals surface area (Å²) in [5.74, 6) is -0.595. The van der Waals surface area contributed by atoms with Crippen molar-refractivity contribution in [1.82, 2.24) is 9.13 Å². The molecule has 2 aromatic carbocycles. The molecule has 9 heteroatoms. The van der Waals surface area contributed by atoms with E-state index in [4.69, 9.17) is 0 Å². The van der Waals surface area contributed by atoms with Crippen LogP contribution in [-0.2, 0) is 24.1 Å². The average Bonchev–Trinajstić information content (AvgIpc) is 2.97. The lowest BCUT2D eigenvalue weighted by atomic mass is 10.1. The highest BCUT2D eigenvalue weighted by atomic mass is 19.4. The van der Waals surface area contributed by atoms with Crippen LogP contribution in [0.3, 0.4) is 0 Å². The molecule has 166 valence electrons. The summed E-state index contributed by atoms with van der Waals surface area (Å²) < 4.78 is 43.6. The Morgan fingerprint density at radius 3 is 2.19 bits per heavy atom. The molecule has 0 aliphatic rings. The lowest BCUT2D eigenvalue weighted by molar-refractivity contribution is -0.136. The maximum absolute atomic E-state index is 13.5.